The molecule has 1 aliphatic carbocycles. The van der Waals surface area contributed by atoms with Gasteiger partial charge in [-0.15, -0.1) is 0 Å². The van der Waals surface area contributed by atoms with Crippen LogP contribution in [0.25, 0.3) is 16.7 Å². The normalized spacial score (nSPS) is 20.3. The van der Waals surface area contributed by atoms with E-state index in [-0.39, 0.29) is 24.1 Å². The summed E-state index contributed by atoms with van der Waals surface area (Å²) >= 11 is 0. The van der Waals surface area contributed by atoms with E-state index in [1.807, 2.05) is 23.1 Å². The van der Waals surface area contributed by atoms with Crippen LogP contribution in [0.2, 0.25) is 0 Å². The fraction of sp³-hybridized carbons (Fsp3) is 0.323. The van der Waals surface area contributed by atoms with Gasteiger partial charge in [-0.1, -0.05) is 78.9 Å². The molecule has 0 spiro atoms. The molecular weight excluding hydrogens is 450 g/mol. The van der Waals surface area contributed by atoms with Crippen LogP contribution in [0.5, 0.6) is 0 Å². The van der Waals surface area contributed by atoms with Crippen LogP contribution in [0.4, 0.5) is 4.79 Å². The van der Waals surface area contributed by atoms with Crippen molar-refractivity contribution >= 4 is 11.7 Å². The van der Waals surface area contributed by atoms with Crippen LogP contribution in [-0.2, 0) is 14.2 Å². The van der Waals surface area contributed by atoms with E-state index in [1.165, 1.54) is 27.8 Å². The zero-order valence-corrected chi connectivity index (χ0v) is 20.7. The molecule has 0 saturated carbocycles. The molecular formula is C31H31NO4. The van der Waals surface area contributed by atoms with Gasteiger partial charge in [-0.05, 0) is 52.7 Å². The second-order valence-electron chi connectivity index (χ2n) is 9.80. The first-order chi connectivity index (χ1) is 17.7. The number of hydrogen-bond donors (Lipinski definition) is 0. The van der Waals surface area contributed by atoms with E-state index in [9.17, 15) is 4.79 Å². The predicted molar refractivity (Wildman–Crippen MR) is 140 cm³/mol. The molecule has 1 amide bonds. The molecule has 2 aliphatic heterocycles. The lowest BCUT2D eigenvalue weighted by atomic mass is 9.91. The third-order valence-electron chi connectivity index (χ3n) is 7.93. The van der Waals surface area contributed by atoms with E-state index in [0.717, 1.165) is 30.4 Å². The Balaban J connectivity index is 1.21. The van der Waals surface area contributed by atoms with Crippen LogP contribution < -0.4 is 0 Å². The molecule has 3 aromatic carbocycles. The Hall–Kier alpha value is -3.41. The van der Waals surface area contributed by atoms with Crippen LogP contribution in [0.1, 0.15) is 53.7 Å². The highest BCUT2D eigenvalue weighted by Crippen LogP contribution is 2.45. The molecule has 6 rings (SSSR count). The van der Waals surface area contributed by atoms with Gasteiger partial charge in [0.2, 0.25) is 0 Å². The second kappa shape index (κ2) is 9.57. The number of benzene rings is 3. The summed E-state index contributed by atoms with van der Waals surface area (Å²) in [6.45, 7) is 0.353. The topological polar surface area (TPSA) is 48.0 Å². The van der Waals surface area contributed by atoms with E-state index in [4.69, 9.17) is 14.2 Å². The number of nitrogens with zero attached hydrogens (tertiary/aromatic N) is 1. The Morgan fingerprint density at radius 3 is 2.11 bits per heavy atom. The highest BCUT2D eigenvalue weighted by Gasteiger charge is 2.41. The summed E-state index contributed by atoms with van der Waals surface area (Å²) in [5.74, 6) is 0.0711. The molecule has 3 aliphatic rings. The minimum absolute atomic E-state index is 0.0472. The van der Waals surface area contributed by atoms with Crippen molar-refractivity contribution in [3.63, 3.8) is 0 Å². The number of hydrogen-bond acceptors (Lipinski definition) is 4. The Labute approximate surface area is 212 Å². The zero-order chi connectivity index (χ0) is 24.6. The lowest BCUT2D eigenvalue weighted by molar-refractivity contribution is -0.106. The number of carbonyl (C=O) groups excluding carboxylic acids is 1. The largest absolute Gasteiger partial charge is 0.448 e. The van der Waals surface area contributed by atoms with Gasteiger partial charge in [-0.2, -0.15) is 0 Å². The Kier molecular flexibility index (Phi) is 6.12. The van der Waals surface area contributed by atoms with Crippen molar-refractivity contribution in [3.8, 4) is 11.1 Å². The first kappa shape index (κ1) is 23.0. The molecule has 184 valence electrons. The van der Waals surface area contributed by atoms with Gasteiger partial charge < -0.3 is 14.2 Å². The fourth-order valence-corrected chi connectivity index (χ4v) is 6.33. The zero-order valence-electron chi connectivity index (χ0n) is 20.7. The summed E-state index contributed by atoms with van der Waals surface area (Å²) in [6, 6.07) is 25.3. The number of fused-ring (bicyclic) bond motifs is 5. The number of carbonyl (C=O) groups is 1. The van der Waals surface area contributed by atoms with Gasteiger partial charge in [0, 0.05) is 31.7 Å². The Bertz CT molecular complexity index is 1270. The van der Waals surface area contributed by atoms with Crippen molar-refractivity contribution < 1.29 is 19.0 Å². The highest BCUT2D eigenvalue weighted by molar-refractivity contribution is 5.79. The van der Waals surface area contributed by atoms with Crippen molar-refractivity contribution in [2.75, 3.05) is 20.8 Å². The number of methoxy groups -OCH3 is 2. The number of rotatable bonds is 6. The summed E-state index contributed by atoms with van der Waals surface area (Å²) in [5.41, 5.74) is 8.35. The maximum absolute atomic E-state index is 13.4. The summed E-state index contributed by atoms with van der Waals surface area (Å²) < 4.78 is 17.1. The molecule has 5 heteroatoms. The monoisotopic (exact) mass is 481 g/mol. The van der Waals surface area contributed by atoms with Crippen LogP contribution in [0, 0.1) is 0 Å². The van der Waals surface area contributed by atoms with Crippen LogP contribution in [0.3, 0.4) is 0 Å². The van der Waals surface area contributed by atoms with E-state index < -0.39 is 6.29 Å². The maximum atomic E-state index is 13.4. The van der Waals surface area contributed by atoms with Gasteiger partial charge in [0.15, 0.2) is 6.29 Å². The van der Waals surface area contributed by atoms with Gasteiger partial charge in [0.1, 0.15) is 6.61 Å². The summed E-state index contributed by atoms with van der Waals surface area (Å²) in [7, 11) is 3.31. The van der Waals surface area contributed by atoms with Gasteiger partial charge in [0.25, 0.3) is 0 Å². The third-order valence-corrected chi connectivity index (χ3v) is 7.93. The quantitative estimate of drug-likeness (QED) is 0.375. The predicted octanol–water partition coefficient (Wildman–Crippen LogP) is 6.55. The maximum Gasteiger partial charge on any atom is 0.410 e. The lowest BCUT2D eigenvalue weighted by Crippen LogP contribution is -2.43. The number of amides is 1. The van der Waals surface area contributed by atoms with E-state index in [0.29, 0.717) is 6.61 Å². The van der Waals surface area contributed by atoms with Crippen molar-refractivity contribution in [1.82, 2.24) is 4.90 Å². The summed E-state index contributed by atoms with van der Waals surface area (Å²) in [4.78, 5) is 15.3. The first-order valence-corrected chi connectivity index (χ1v) is 12.7. The minimum atomic E-state index is -0.417. The Morgan fingerprint density at radius 1 is 0.861 bits per heavy atom. The SMILES string of the molecule is COC(OC)c1ccccc1C1=CC2CCC(C1)N2C(=O)OCC1c2ccccc2-c2ccccc21. The molecule has 1 fully saturated rings. The molecule has 1 saturated heterocycles. The van der Waals surface area contributed by atoms with Crippen molar-refractivity contribution in [3.05, 3.63) is 101 Å². The molecule has 3 aromatic rings. The highest BCUT2D eigenvalue weighted by atomic mass is 16.7. The lowest BCUT2D eigenvalue weighted by Gasteiger charge is -2.34. The van der Waals surface area contributed by atoms with Gasteiger partial charge in [-0.3, -0.25) is 4.90 Å². The average molecular weight is 482 g/mol. The molecule has 0 radical (unpaired) electrons. The molecule has 2 unspecified atom stereocenters. The molecule has 2 bridgehead atoms. The van der Waals surface area contributed by atoms with E-state index in [2.05, 4.69) is 60.7 Å². The minimum Gasteiger partial charge on any atom is -0.448 e. The Morgan fingerprint density at radius 2 is 1.47 bits per heavy atom. The standard InChI is InChI=1S/C31H31NO4/c1-34-30(35-2)28-14-8-3-9-23(28)20-17-21-15-16-22(18-20)32(21)31(33)36-19-29-26-12-6-4-10-24(26)25-11-5-7-13-27(25)29/h3-14,17,21-22,29-30H,15-16,18-19H2,1-2H3. The van der Waals surface area contributed by atoms with Gasteiger partial charge in [-0.25, -0.2) is 4.79 Å². The molecule has 0 N–H and O–H groups in total. The molecule has 5 nitrogen and oxygen atoms in total. The molecule has 2 atom stereocenters. The van der Waals surface area contributed by atoms with Crippen molar-refractivity contribution in [2.45, 2.75) is 43.6 Å². The average Bonchev–Trinajstić information content (AvgIpc) is 3.39. The molecule has 0 aromatic heterocycles. The summed E-state index contributed by atoms with van der Waals surface area (Å²) in [5, 5.41) is 0. The second-order valence-corrected chi connectivity index (χ2v) is 9.80. The van der Waals surface area contributed by atoms with Gasteiger partial charge in [0.05, 0.1) is 6.04 Å². The van der Waals surface area contributed by atoms with Crippen molar-refractivity contribution in [2.24, 2.45) is 0 Å². The fourth-order valence-electron chi connectivity index (χ4n) is 6.33. The smallest absolute Gasteiger partial charge is 0.410 e. The van der Waals surface area contributed by atoms with E-state index in [1.54, 1.807) is 14.2 Å². The van der Waals surface area contributed by atoms with Crippen LogP contribution in [-0.4, -0.2) is 43.9 Å². The first-order valence-electron chi connectivity index (χ1n) is 12.7. The number of ether oxygens (including phenoxy) is 3. The third kappa shape index (κ3) is 3.83. The molecule has 2 heterocycles. The van der Waals surface area contributed by atoms with Gasteiger partial charge >= 0.3 is 6.09 Å². The van der Waals surface area contributed by atoms with E-state index >= 15 is 0 Å². The van der Waals surface area contributed by atoms with Crippen molar-refractivity contribution in [1.29, 1.82) is 0 Å². The van der Waals surface area contributed by atoms with Crippen LogP contribution in [0.15, 0.2) is 78.9 Å². The molecule has 36 heavy (non-hydrogen) atoms. The summed E-state index contributed by atoms with van der Waals surface area (Å²) in [6.07, 6.45) is 4.36. The van der Waals surface area contributed by atoms with Crippen LogP contribution >= 0.6 is 0 Å².